The van der Waals surface area contributed by atoms with Crippen molar-refractivity contribution >= 4 is 0 Å². The second kappa shape index (κ2) is 28.4. The van der Waals surface area contributed by atoms with Crippen molar-refractivity contribution in [1.82, 2.24) is 4.90 Å². The van der Waals surface area contributed by atoms with Gasteiger partial charge in [0.2, 0.25) is 0 Å². The maximum atomic E-state index is 2.66. The van der Waals surface area contributed by atoms with Gasteiger partial charge in [-0.1, -0.05) is 159 Å². The molecule has 0 saturated carbocycles. The lowest BCUT2D eigenvalue weighted by atomic mass is 9.70. The zero-order valence-electron chi connectivity index (χ0n) is 30.1. The van der Waals surface area contributed by atoms with E-state index in [1.807, 2.05) is 0 Å². The lowest BCUT2D eigenvalue weighted by molar-refractivity contribution is 0.173. The Morgan fingerprint density at radius 2 is 0.907 bits per heavy atom. The first-order chi connectivity index (χ1) is 21.1. The van der Waals surface area contributed by atoms with Crippen LogP contribution in [0.15, 0.2) is 48.6 Å². The minimum atomic E-state index is 0.568. The summed E-state index contributed by atoms with van der Waals surface area (Å²) in [7, 11) is 2.37. The molecular formula is C42H77N. The molecule has 0 radical (unpaired) electrons. The fraction of sp³-hybridized carbons (Fsp3) is 0.810. The third kappa shape index (κ3) is 20.6. The van der Waals surface area contributed by atoms with Crippen molar-refractivity contribution in [2.45, 2.75) is 194 Å². The van der Waals surface area contributed by atoms with E-state index >= 15 is 0 Å². The number of allylic oxidation sites excluding steroid dienone is 8. The van der Waals surface area contributed by atoms with Crippen LogP contribution in [0.2, 0.25) is 0 Å². The Labute approximate surface area is 272 Å². The molecule has 1 aliphatic heterocycles. The fourth-order valence-electron chi connectivity index (χ4n) is 7.19. The molecule has 1 aliphatic rings. The average Bonchev–Trinajstić information content (AvgIpc) is 3.22. The van der Waals surface area contributed by atoms with Gasteiger partial charge in [-0.05, 0) is 95.9 Å². The van der Waals surface area contributed by atoms with Crippen molar-refractivity contribution in [3.05, 3.63) is 48.6 Å². The first-order valence-corrected chi connectivity index (χ1v) is 19.4. The van der Waals surface area contributed by atoms with Crippen LogP contribution in [0.3, 0.4) is 0 Å². The molecule has 1 rings (SSSR count). The molecule has 0 aliphatic carbocycles. The van der Waals surface area contributed by atoms with E-state index < -0.39 is 0 Å². The summed E-state index contributed by atoms with van der Waals surface area (Å²) in [5.74, 6) is 0.836. The Morgan fingerprint density at radius 1 is 0.512 bits per heavy atom. The van der Waals surface area contributed by atoms with Gasteiger partial charge in [-0.15, -0.1) is 0 Å². The van der Waals surface area contributed by atoms with Crippen LogP contribution in [0, 0.1) is 11.3 Å². The molecule has 43 heavy (non-hydrogen) atoms. The SMILES string of the molecule is CCCCC/C=C\C=C\CCCCCCCCC1(CCCCCCCC/C=C\C/C=C\CCCCC)CN(C)C(C)C1C. The smallest absolute Gasteiger partial charge is 0.00955 e. The van der Waals surface area contributed by atoms with Crippen molar-refractivity contribution in [1.29, 1.82) is 0 Å². The molecule has 0 aromatic rings. The second-order valence-electron chi connectivity index (χ2n) is 14.2. The first kappa shape index (κ1) is 39.9. The van der Waals surface area contributed by atoms with Crippen molar-refractivity contribution < 1.29 is 0 Å². The van der Waals surface area contributed by atoms with Crippen molar-refractivity contribution in [2.75, 3.05) is 13.6 Å². The standard InChI is InChI=1S/C42H77N/c1-6-8-10-12-14-16-18-20-22-24-26-28-30-32-34-36-38-42(39-43(5)41(4)40(42)3)37-35-33-31-29-27-25-23-21-19-17-15-13-11-9-7-2/h14-17,19-22,40-41H,6-13,18,23-39H2,1-5H3/b16-14-,17-15-,21-19+,22-20-. The third-order valence-electron chi connectivity index (χ3n) is 10.5. The molecule has 0 aromatic carbocycles. The van der Waals surface area contributed by atoms with Crippen molar-refractivity contribution in [3.63, 3.8) is 0 Å². The third-order valence-corrected chi connectivity index (χ3v) is 10.5. The van der Waals surface area contributed by atoms with Gasteiger partial charge in [-0.2, -0.15) is 0 Å². The van der Waals surface area contributed by atoms with Gasteiger partial charge in [0.15, 0.2) is 0 Å². The molecule has 0 spiro atoms. The van der Waals surface area contributed by atoms with E-state index in [4.69, 9.17) is 0 Å². The van der Waals surface area contributed by atoms with Gasteiger partial charge >= 0.3 is 0 Å². The van der Waals surface area contributed by atoms with E-state index in [2.05, 4.69) is 88.3 Å². The summed E-state index contributed by atoms with van der Waals surface area (Å²) in [5.41, 5.74) is 0.568. The topological polar surface area (TPSA) is 3.24 Å². The maximum Gasteiger partial charge on any atom is 0.00955 e. The Balaban J connectivity index is 2.13. The monoisotopic (exact) mass is 596 g/mol. The van der Waals surface area contributed by atoms with E-state index in [0.717, 1.165) is 18.4 Å². The van der Waals surface area contributed by atoms with Gasteiger partial charge in [0, 0.05) is 12.6 Å². The number of hydrogen-bond donors (Lipinski definition) is 0. The van der Waals surface area contributed by atoms with Gasteiger partial charge < -0.3 is 4.90 Å². The van der Waals surface area contributed by atoms with E-state index in [1.165, 1.54) is 161 Å². The highest BCUT2D eigenvalue weighted by Gasteiger charge is 2.45. The van der Waals surface area contributed by atoms with Gasteiger partial charge in [-0.25, -0.2) is 0 Å². The largest absolute Gasteiger partial charge is 0.303 e. The molecule has 0 amide bonds. The van der Waals surface area contributed by atoms with Crippen LogP contribution in [0.5, 0.6) is 0 Å². The predicted octanol–water partition coefficient (Wildman–Crippen LogP) is 14.0. The molecule has 1 nitrogen and oxygen atoms in total. The van der Waals surface area contributed by atoms with Crippen LogP contribution in [-0.2, 0) is 0 Å². The van der Waals surface area contributed by atoms with Crippen LogP contribution >= 0.6 is 0 Å². The molecule has 250 valence electrons. The van der Waals surface area contributed by atoms with Gasteiger partial charge in [-0.3, -0.25) is 0 Å². The van der Waals surface area contributed by atoms with Crippen LogP contribution < -0.4 is 0 Å². The minimum Gasteiger partial charge on any atom is -0.303 e. The molecule has 0 bridgehead atoms. The molecule has 1 heterocycles. The fourth-order valence-corrected chi connectivity index (χ4v) is 7.19. The normalized spacial score (nSPS) is 21.6. The molecule has 3 unspecified atom stereocenters. The number of unbranched alkanes of at least 4 members (excludes halogenated alkanes) is 18. The molecule has 0 aromatic heterocycles. The first-order valence-electron chi connectivity index (χ1n) is 19.4. The summed E-state index contributed by atoms with van der Waals surface area (Å²) < 4.78 is 0. The Morgan fingerprint density at radius 3 is 1.33 bits per heavy atom. The second-order valence-corrected chi connectivity index (χ2v) is 14.2. The van der Waals surface area contributed by atoms with Crippen LogP contribution in [0.4, 0.5) is 0 Å². The predicted molar refractivity (Wildman–Crippen MR) is 197 cm³/mol. The lowest BCUT2D eigenvalue weighted by Crippen LogP contribution is -2.29. The summed E-state index contributed by atoms with van der Waals surface area (Å²) in [6.07, 6.45) is 52.8. The maximum absolute atomic E-state index is 2.66. The van der Waals surface area contributed by atoms with Crippen LogP contribution in [-0.4, -0.2) is 24.5 Å². The quantitative estimate of drug-likeness (QED) is 0.0472. The van der Waals surface area contributed by atoms with Gasteiger partial charge in [0.25, 0.3) is 0 Å². The Kier molecular flexibility index (Phi) is 26.4. The van der Waals surface area contributed by atoms with E-state index in [0.29, 0.717) is 5.41 Å². The summed E-state index contributed by atoms with van der Waals surface area (Å²) in [4.78, 5) is 2.66. The highest BCUT2D eigenvalue weighted by atomic mass is 15.2. The van der Waals surface area contributed by atoms with Gasteiger partial charge in [0.1, 0.15) is 0 Å². The van der Waals surface area contributed by atoms with Crippen LogP contribution in [0.1, 0.15) is 188 Å². The zero-order valence-corrected chi connectivity index (χ0v) is 30.1. The number of nitrogens with zero attached hydrogens (tertiary/aromatic N) is 1. The molecule has 0 N–H and O–H groups in total. The van der Waals surface area contributed by atoms with E-state index in [1.54, 1.807) is 0 Å². The Bertz CT molecular complexity index is 714. The number of hydrogen-bond acceptors (Lipinski definition) is 1. The van der Waals surface area contributed by atoms with Crippen molar-refractivity contribution in [2.24, 2.45) is 11.3 Å². The Hall–Kier alpha value is -1.08. The molecule has 1 saturated heterocycles. The highest BCUT2D eigenvalue weighted by molar-refractivity contribution is 5.02. The molecule has 1 fully saturated rings. The summed E-state index contributed by atoms with van der Waals surface area (Å²) >= 11 is 0. The average molecular weight is 596 g/mol. The molecular weight excluding hydrogens is 518 g/mol. The molecule has 1 heteroatoms. The summed E-state index contributed by atoms with van der Waals surface area (Å²) in [5, 5.41) is 0. The number of likely N-dealkylation sites (tertiary alicyclic amines) is 1. The van der Waals surface area contributed by atoms with E-state index in [9.17, 15) is 0 Å². The lowest BCUT2D eigenvalue weighted by Gasteiger charge is -2.34. The van der Waals surface area contributed by atoms with Crippen molar-refractivity contribution in [3.8, 4) is 0 Å². The molecule has 3 atom stereocenters. The highest BCUT2D eigenvalue weighted by Crippen LogP contribution is 2.47. The number of rotatable bonds is 29. The van der Waals surface area contributed by atoms with Crippen LogP contribution in [0.25, 0.3) is 0 Å². The summed E-state index contributed by atoms with van der Waals surface area (Å²) in [6.45, 7) is 10.9. The van der Waals surface area contributed by atoms with Gasteiger partial charge in [0.05, 0.1) is 0 Å². The van der Waals surface area contributed by atoms with E-state index in [-0.39, 0.29) is 0 Å². The zero-order chi connectivity index (χ0) is 31.3. The summed E-state index contributed by atoms with van der Waals surface area (Å²) in [6, 6.07) is 0.740. The minimum absolute atomic E-state index is 0.568.